The van der Waals surface area contributed by atoms with E-state index in [1.807, 2.05) is 0 Å². The second-order valence-corrected chi connectivity index (χ2v) is 4.77. The molecule has 2 aromatic rings. The zero-order valence-corrected chi connectivity index (χ0v) is 12.8. The number of ether oxygens (including phenoxy) is 2. The summed E-state index contributed by atoms with van der Waals surface area (Å²) in [6, 6.07) is 11.6. The highest BCUT2D eigenvalue weighted by atomic mass is 19.3. The largest absolute Gasteiger partial charge is 0.457 e. The van der Waals surface area contributed by atoms with E-state index in [4.69, 9.17) is 4.74 Å². The molecular weight excluding hydrogens is 336 g/mol. The second kappa shape index (κ2) is 8.53. The highest BCUT2D eigenvalue weighted by Crippen LogP contribution is 2.19. The molecule has 8 heteroatoms. The van der Waals surface area contributed by atoms with Gasteiger partial charge in [-0.05, 0) is 29.8 Å². The second-order valence-electron chi connectivity index (χ2n) is 4.77. The van der Waals surface area contributed by atoms with Gasteiger partial charge in [-0.15, -0.1) is 0 Å². The predicted octanol–water partition coefficient (Wildman–Crippen LogP) is 3.95. The number of nitrogens with zero attached hydrogens (tertiary/aromatic N) is 1. The van der Waals surface area contributed by atoms with Crippen molar-refractivity contribution >= 4 is 17.7 Å². The molecule has 0 atom stereocenters. The van der Waals surface area contributed by atoms with Crippen molar-refractivity contribution in [3.63, 3.8) is 0 Å². The molecule has 0 saturated carbocycles. The van der Waals surface area contributed by atoms with Crippen LogP contribution in [0.15, 0.2) is 54.6 Å². The lowest BCUT2D eigenvalue weighted by atomic mass is 10.2. The van der Waals surface area contributed by atoms with Crippen molar-refractivity contribution in [3.05, 3.63) is 75.8 Å². The maximum Gasteiger partial charge on any atom is 0.387 e. The zero-order valence-electron chi connectivity index (χ0n) is 12.8. The maximum absolute atomic E-state index is 12.0. The standard InChI is InChI=1S/C17H13F2NO5/c18-17(19)25-14-8-5-12(6-9-14)7-10-16(21)24-11-13-3-1-2-4-15(13)20(22)23/h1-10,17H,11H2/b10-7+. The number of benzene rings is 2. The zero-order chi connectivity index (χ0) is 18.2. The number of carbonyl (C=O) groups is 1. The van der Waals surface area contributed by atoms with Crippen LogP contribution in [0, 0.1) is 10.1 Å². The summed E-state index contributed by atoms with van der Waals surface area (Å²) in [5.41, 5.74) is 0.723. The Bertz CT molecular complexity index is 775. The van der Waals surface area contributed by atoms with Gasteiger partial charge in [-0.3, -0.25) is 10.1 Å². The Balaban J connectivity index is 1.92. The molecule has 0 aromatic heterocycles. The molecule has 0 saturated heterocycles. The highest BCUT2D eigenvalue weighted by molar-refractivity contribution is 5.87. The van der Waals surface area contributed by atoms with E-state index in [0.717, 1.165) is 6.08 Å². The topological polar surface area (TPSA) is 78.7 Å². The maximum atomic E-state index is 12.0. The first-order valence-corrected chi connectivity index (χ1v) is 7.07. The van der Waals surface area contributed by atoms with Gasteiger partial charge in [0.1, 0.15) is 12.4 Å². The van der Waals surface area contributed by atoms with Crippen LogP contribution in [0.3, 0.4) is 0 Å². The number of esters is 1. The molecule has 0 aliphatic heterocycles. The molecule has 0 radical (unpaired) electrons. The number of nitro benzene ring substituents is 1. The molecule has 0 bridgehead atoms. The molecule has 2 aromatic carbocycles. The Kier molecular flexibility index (Phi) is 6.16. The first-order valence-electron chi connectivity index (χ1n) is 7.07. The van der Waals surface area contributed by atoms with Crippen LogP contribution in [0.2, 0.25) is 0 Å². The average molecular weight is 349 g/mol. The van der Waals surface area contributed by atoms with Crippen molar-refractivity contribution in [2.75, 3.05) is 0 Å². The lowest BCUT2D eigenvalue weighted by Gasteiger charge is -2.04. The van der Waals surface area contributed by atoms with Crippen LogP contribution >= 0.6 is 0 Å². The van der Waals surface area contributed by atoms with E-state index in [-0.39, 0.29) is 23.6 Å². The van der Waals surface area contributed by atoms with E-state index in [1.54, 1.807) is 6.07 Å². The Morgan fingerprint density at radius 1 is 1.16 bits per heavy atom. The van der Waals surface area contributed by atoms with Crippen LogP contribution in [0.5, 0.6) is 5.75 Å². The Labute approximate surface area is 141 Å². The fraction of sp³-hybridized carbons (Fsp3) is 0.118. The minimum atomic E-state index is -2.90. The molecule has 0 amide bonds. The van der Waals surface area contributed by atoms with Gasteiger partial charge in [0.15, 0.2) is 0 Å². The quantitative estimate of drug-likeness (QED) is 0.327. The van der Waals surface area contributed by atoms with Gasteiger partial charge in [0.25, 0.3) is 5.69 Å². The lowest BCUT2D eigenvalue weighted by molar-refractivity contribution is -0.385. The van der Waals surface area contributed by atoms with Crippen molar-refractivity contribution in [1.82, 2.24) is 0 Å². The number of para-hydroxylation sites is 1. The van der Waals surface area contributed by atoms with Gasteiger partial charge in [-0.25, -0.2) is 4.79 Å². The molecule has 0 N–H and O–H groups in total. The molecule has 0 aliphatic carbocycles. The van der Waals surface area contributed by atoms with Crippen molar-refractivity contribution in [2.24, 2.45) is 0 Å². The minimum Gasteiger partial charge on any atom is -0.457 e. The van der Waals surface area contributed by atoms with Crippen LogP contribution in [0.1, 0.15) is 11.1 Å². The molecule has 6 nitrogen and oxygen atoms in total. The first kappa shape index (κ1) is 18.1. The van der Waals surface area contributed by atoms with Crippen molar-refractivity contribution in [1.29, 1.82) is 0 Å². The fourth-order valence-electron chi connectivity index (χ4n) is 1.93. The predicted molar refractivity (Wildman–Crippen MR) is 85.0 cm³/mol. The van der Waals surface area contributed by atoms with Gasteiger partial charge in [0, 0.05) is 12.1 Å². The van der Waals surface area contributed by atoms with Crippen LogP contribution in [-0.2, 0) is 16.1 Å². The number of hydrogen-bond donors (Lipinski definition) is 0. The van der Waals surface area contributed by atoms with Gasteiger partial charge in [-0.2, -0.15) is 8.78 Å². The Hall–Kier alpha value is -3.29. The molecule has 0 aliphatic rings. The lowest BCUT2D eigenvalue weighted by Crippen LogP contribution is -2.03. The smallest absolute Gasteiger partial charge is 0.387 e. The third-order valence-corrected chi connectivity index (χ3v) is 3.08. The Morgan fingerprint density at radius 2 is 1.84 bits per heavy atom. The molecule has 0 unspecified atom stereocenters. The third kappa shape index (κ3) is 5.69. The fourth-order valence-corrected chi connectivity index (χ4v) is 1.93. The summed E-state index contributed by atoms with van der Waals surface area (Å²) >= 11 is 0. The molecule has 0 spiro atoms. The van der Waals surface area contributed by atoms with E-state index in [0.29, 0.717) is 5.56 Å². The number of halogens is 2. The molecule has 2 rings (SSSR count). The summed E-state index contributed by atoms with van der Waals surface area (Å²) in [7, 11) is 0. The number of alkyl halides is 2. The summed E-state index contributed by atoms with van der Waals surface area (Å²) in [6.45, 7) is -3.14. The normalized spacial score (nSPS) is 10.8. The van der Waals surface area contributed by atoms with E-state index >= 15 is 0 Å². The van der Waals surface area contributed by atoms with Crippen molar-refractivity contribution < 1.29 is 28.0 Å². The van der Waals surface area contributed by atoms with Crippen LogP contribution < -0.4 is 4.74 Å². The number of hydrogen-bond acceptors (Lipinski definition) is 5. The van der Waals surface area contributed by atoms with Gasteiger partial charge < -0.3 is 9.47 Å². The summed E-state index contributed by atoms with van der Waals surface area (Å²) < 4.78 is 33.2. The van der Waals surface area contributed by atoms with Crippen molar-refractivity contribution in [3.8, 4) is 5.75 Å². The highest BCUT2D eigenvalue weighted by Gasteiger charge is 2.13. The molecule has 0 fully saturated rings. The number of carbonyl (C=O) groups excluding carboxylic acids is 1. The van der Waals surface area contributed by atoms with E-state index in [2.05, 4.69) is 4.74 Å². The number of nitro groups is 1. The first-order chi connectivity index (χ1) is 12.0. The van der Waals surface area contributed by atoms with Crippen LogP contribution in [0.25, 0.3) is 6.08 Å². The minimum absolute atomic E-state index is 0.00566. The summed E-state index contributed by atoms with van der Waals surface area (Å²) in [5.74, 6) is -0.683. The molecule has 25 heavy (non-hydrogen) atoms. The third-order valence-electron chi connectivity index (χ3n) is 3.08. The van der Waals surface area contributed by atoms with E-state index in [1.165, 1.54) is 48.5 Å². The van der Waals surface area contributed by atoms with Gasteiger partial charge in [-0.1, -0.05) is 24.3 Å². The van der Waals surface area contributed by atoms with Crippen molar-refractivity contribution in [2.45, 2.75) is 13.2 Å². The van der Waals surface area contributed by atoms with Crippen LogP contribution in [0.4, 0.5) is 14.5 Å². The molecule has 130 valence electrons. The average Bonchev–Trinajstić information content (AvgIpc) is 2.59. The van der Waals surface area contributed by atoms with Gasteiger partial charge in [0.2, 0.25) is 0 Å². The summed E-state index contributed by atoms with van der Waals surface area (Å²) in [4.78, 5) is 22.0. The Morgan fingerprint density at radius 3 is 2.48 bits per heavy atom. The van der Waals surface area contributed by atoms with E-state index in [9.17, 15) is 23.7 Å². The summed E-state index contributed by atoms with van der Waals surface area (Å²) in [6.07, 6.45) is 2.56. The van der Waals surface area contributed by atoms with Crippen LogP contribution in [-0.4, -0.2) is 17.5 Å². The molecular formula is C17H13F2NO5. The van der Waals surface area contributed by atoms with Gasteiger partial charge in [0.05, 0.1) is 10.5 Å². The summed E-state index contributed by atoms with van der Waals surface area (Å²) in [5, 5.41) is 10.9. The number of rotatable bonds is 7. The SMILES string of the molecule is O=C(/C=C/c1ccc(OC(F)F)cc1)OCc1ccccc1[N+](=O)[O-]. The molecule has 0 heterocycles. The monoisotopic (exact) mass is 349 g/mol. The van der Waals surface area contributed by atoms with E-state index < -0.39 is 17.5 Å². The van der Waals surface area contributed by atoms with Gasteiger partial charge >= 0.3 is 12.6 Å².